The minimum absolute atomic E-state index is 0.259. The zero-order valence-corrected chi connectivity index (χ0v) is 14.0. The van der Waals surface area contributed by atoms with E-state index in [9.17, 15) is 0 Å². The summed E-state index contributed by atoms with van der Waals surface area (Å²) in [7, 11) is 1.66. The van der Waals surface area contributed by atoms with Gasteiger partial charge in [-0.2, -0.15) is 15.0 Å². The van der Waals surface area contributed by atoms with Crippen molar-refractivity contribution in [3.8, 4) is 5.75 Å². The van der Waals surface area contributed by atoms with Crippen LogP contribution in [-0.4, -0.2) is 40.1 Å². The van der Waals surface area contributed by atoms with E-state index in [0.717, 1.165) is 36.8 Å². The van der Waals surface area contributed by atoms with Crippen molar-refractivity contribution in [2.75, 3.05) is 31.2 Å². The molecule has 1 aromatic heterocycles. The number of piperidine rings is 1. The Kier molecular flexibility index (Phi) is 5.43. The average Bonchev–Trinajstić information content (AvgIpc) is 2.61. The van der Waals surface area contributed by atoms with Gasteiger partial charge in [0.25, 0.3) is 0 Å². The highest BCUT2D eigenvalue weighted by molar-refractivity contribution is 5.34. The van der Waals surface area contributed by atoms with E-state index in [1.54, 1.807) is 7.11 Å². The van der Waals surface area contributed by atoms with Gasteiger partial charge < -0.3 is 15.8 Å². The van der Waals surface area contributed by atoms with Crippen LogP contribution in [0.5, 0.6) is 5.75 Å². The van der Waals surface area contributed by atoms with E-state index in [1.807, 2.05) is 24.3 Å². The lowest BCUT2D eigenvalue weighted by molar-refractivity contribution is 0.216. The highest BCUT2D eigenvalue weighted by Gasteiger charge is 2.13. The molecule has 1 aliphatic heterocycles. The lowest BCUT2D eigenvalue weighted by atomic mass is 10.1. The predicted molar refractivity (Wildman–Crippen MR) is 93.7 cm³/mol. The standard InChI is InChI=1S/C17H24N6O/c1-24-14-7-5-13(6-8-14)11-19-17-21-15(20-16(18)22-17)12-23-9-3-2-4-10-23/h5-8H,2-4,9-12H2,1H3,(H3,18,19,20,21,22). The number of hydrogen-bond donors (Lipinski definition) is 2. The van der Waals surface area contributed by atoms with Gasteiger partial charge in [-0.05, 0) is 43.6 Å². The summed E-state index contributed by atoms with van der Waals surface area (Å²) in [5, 5.41) is 3.22. The van der Waals surface area contributed by atoms with Crippen LogP contribution < -0.4 is 15.8 Å². The fourth-order valence-corrected chi connectivity index (χ4v) is 2.83. The van der Waals surface area contributed by atoms with Crippen LogP contribution in [-0.2, 0) is 13.1 Å². The maximum absolute atomic E-state index is 5.83. The molecule has 1 fully saturated rings. The molecule has 3 N–H and O–H groups in total. The Morgan fingerprint density at radius 3 is 2.54 bits per heavy atom. The van der Waals surface area contributed by atoms with Crippen molar-refractivity contribution in [3.63, 3.8) is 0 Å². The Labute approximate surface area is 142 Å². The zero-order valence-electron chi connectivity index (χ0n) is 14.0. The fraction of sp³-hybridized carbons (Fsp3) is 0.471. The molecule has 2 heterocycles. The molecule has 1 aromatic carbocycles. The first-order valence-electron chi connectivity index (χ1n) is 8.32. The van der Waals surface area contributed by atoms with Crippen LogP contribution in [0, 0.1) is 0 Å². The van der Waals surface area contributed by atoms with Gasteiger partial charge in [0.05, 0.1) is 13.7 Å². The summed E-state index contributed by atoms with van der Waals surface area (Å²) in [6.07, 6.45) is 3.79. The van der Waals surface area contributed by atoms with Gasteiger partial charge in [-0.1, -0.05) is 18.6 Å². The molecule has 0 saturated carbocycles. The SMILES string of the molecule is COc1ccc(CNc2nc(N)nc(CN3CCCCC3)n2)cc1. The molecule has 24 heavy (non-hydrogen) atoms. The van der Waals surface area contributed by atoms with Crippen molar-refractivity contribution >= 4 is 11.9 Å². The Bertz CT molecular complexity index is 655. The van der Waals surface area contributed by atoms with Gasteiger partial charge in [0.1, 0.15) is 11.6 Å². The van der Waals surface area contributed by atoms with Crippen molar-refractivity contribution in [1.29, 1.82) is 0 Å². The number of aromatic nitrogens is 3. The second kappa shape index (κ2) is 7.92. The predicted octanol–water partition coefficient (Wildman–Crippen LogP) is 2.06. The van der Waals surface area contributed by atoms with Gasteiger partial charge in [0.2, 0.25) is 11.9 Å². The van der Waals surface area contributed by atoms with Crippen LogP contribution >= 0.6 is 0 Å². The molecule has 0 aliphatic carbocycles. The van der Waals surface area contributed by atoms with Gasteiger partial charge in [0, 0.05) is 6.54 Å². The van der Waals surface area contributed by atoms with Gasteiger partial charge in [0.15, 0.2) is 0 Å². The first kappa shape index (κ1) is 16.4. The minimum atomic E-state index is 0.259. The van der Waals surface area contributed by atoms with E-state index in [0.29, 0.717) is 12.5 Å². The molecule has 0 amide bonds. The molecule has 0 atom stereocenters. The van der Waals surface area contributed by atoms with E-state index < -0.39 is 0 Å². The van der Waals surface area contributed by atoms with Crippen LogP contribution in [0.4, 0.5) is 11.9 Å². The zero-order chi connectivity index (χ0) is 16.8. The number of benzene rings is 1. The summed E-state index contributed by atoms with van der Waals surface area (Å²) < 4.78 is 5.16. The summed E-state index contributed by atoms with van der Waals surface area (Å²) in [4.78, 5) is 15.3. The van der Waals surface area contributed by atoms with Gasteiger partial charge in [-0.3, -0.25) is 4.90 Å². The van der Waals surface area contributed by atoms with Crippen molar-refractivity contribution < 1.29 is 4.74 Å². The van der Waals surface area contributed by atoms with Crippen molar-refractivity contribution in [2.24, 2.45) is 0 Å². The van der Waals surface area contributed by atoms with E-state index >= 15 is 0 Å². The summed E-state index contributed by atoms with van der Waals surface area (Å²) in [5.74, 6) is 2.34. The number of rotatable bonds is 6. The maximum atomic E-state index is 5.83. The van der Waals surface area contributed by atoms with E-state index in [4.69, 9.17) is 10.5 Å². The van der Waals surface area contributed by atoms with Gasteiger partial charge >= 0.3 is 0 Å². The van der Waals surface area contributed by atoms with Crippen LogP contribution in [0.2, 0.25) is 0 Å². The monoisotopic (exact) mass is 328 g/mol. The van der Waals surface area contributed by atoms with Crippen LogP contribution in [0.1, 0.15) is 30.7 Å². The number of nitrogens with two attached hydrogens (primary N) is 1. The van der Waals surface area contributed by atoms with Crippen LogP contribution in [0.15, 0.2) is 24.3 Å². The van der Waals surface area contributed by atoms with E-state index in [1.165, 1.54) is 19.3 Å². The van der Waals surface area contributed by atoms with Crippen LogP contribution in [0.3, 0.4) is 0 Å². The highest BCUT2D eigenvalue weighted by atomic mass is 16.5. The Hall–Kier alpha value is -2.41. The molecule has 0 spiro atoms. The van der Waals surface area contributed by atoms with Crippen molar-refractivity contribution in [1.82, 2.24) is 19.9 Å². The number of anilines is 2. The smallest absolute Gasteiger partial charge is 0.228 e. The summed E-state index contributed by atoms with van der Waals surface area (Å²) in [6, 6.07) is 7.87. The molecule has 7 heteroatoms. The molecule has 1 saturated heterocycles. The normalized spacial score (nSPS) is 15.2. The molecule has 128 valence electrons. The quantitative estimate of drug-likeness (QED) is 0.839. The Balaban J connectivity index is 1.62. The third kappa shape index (κ3) is 4.55. The molecular weight excluding hydrogens is 304 g/mol. The maximum Gasteiger partial charge on any atom is 0.228 e. The molecule has 7 nitrogen and oxygen atoms in total. The number of nitrogens with one attached hydrogen (secondary N) is 1. The number of hydrogen-bond acceptors (Lipinski definition) is 7. The van der Waals surface area contributed by atoms with Gasteiger partial charge in [-0.15, -0.1) is 0 Å². The van der Waals surface area contributed by atoms with E-state index in [-0.39, 0.29) is 5.95 Å². The first-order valence-corrected chi connectivity index (χ1v) is 8.32. The number of ether oxygens (including phenoxy) is 1. The summed E-state index contributed by atoms with van der Waals surface area (Å²) in [5.41, 5.74) is 6.95. The average molecular weight is 328 g/mol. The second-order valence-corrected chi connectivity index (χ2v) is 5.97. The lowest BCUT2D eigenvalue weighted by Gasteiger charge is -2.25. The summed E-state index contributed by atoms with van der Waals surface area (Å²) >= 11 is 0. The summed E-state index contributed by atoms with van der Waals surface area (Å²) in [6.45, 7) is 3.54. The van der Waals surface area contributed by atoms with Crippen LogP contribution in [0.25, 0.3) is 0 Å². The number of nitrogens with zero attached hydrogens (tertiary/aromatic N) is 4. The number of likely N-dealkylation sites (tertiary alicyclic amines) is 1. The molecule has 0 radical (unpaired) electrons. The minimum Gasteiger partial charge on any atom is -0.497 e. The Morgan fingerprint density at radius 2 is 1.83 bits per heavy atom. The topological polar surface area (TPSA) is 89.2 Å². The van der Waals surface area contributed by atoms with Gasteiger partial charge in [-0.25, -0.2) is 0 Å². The Morgan fingerprint density at radius 1 is 1.08 bits per heavy atom. The fourth-order valence-electron chi connectivity index (χ4n) is 2.83. The molecular formula is C17H24N6O. The largest absolute Gasteiger partial charge is 0.497 e. The third-order valence-corrected chi connectivity index (χ3v) is 4.12. The number of nitrogen functional groups attached to an aromatic ring is 1. The molecule has 0 unspecified atom stereocenters. The highest BCUT2D eigenvalue weighted by Crippen LogP contribution is 2.14. The van der Waals surface area contributed by atoms with E-state index in [2.05, 4.69) is 25.2 Å². The molecule has 2 aromatic rings. The lowest BCUT2D eigenvalue weighted by Crippen LogP contribution is -2.30. The van der Waals surface area contributed by atoms with Crippen molar-refractivity contribution in [2.45, 2.75) is 32.4 Å². The molecule has 0 bridgehead atoms. The first-order chi connectivity index (χ1) is 11.7. The van der Waals surface area contributed by atoms with Crippen molar-refractivity contribution in [3.05, 3.63) is 35.7 Å². The second-order valence-electron chi connectivity index (χ2n) is 5.97. The number of methoxy groups -OCH3 is 1. The third-order valence-electron chi connectivity index (χ3n) is 4.12. The molecule has 3 rings (SSSR count). The molecule has 1 aliphatic rings.